The number of thiophene rings is 1. The van der Waals surface area contributed by atoms with E-state index in [0.29, 0.717) is 5.69 Å². The first kappa shape index (κ1) is 17.1. The first-order valence-corrected chi connectivity index (χ1v) is 8.19. The SMILES string of the molecule is Cc1ccc([N+](=O)[O-])c(NC(=O)C[NH+](C)Cc2ccsc2)c1C. The van der Waals surface area contributed by atoms with Crippen LogP contribution in [0.5, 0.6) is 0 Å². The molecule has 122 valence electrons. The van der Waals surface area contributed by atoms with Crippen molar-refractivity contribution in [2.45, 2.75) is 20.4 Å². The molecule has 23 heavy (non-hydrogen) atoms. The van der Waals surface area contributed by atoms with Crippen molar-refractivity contribution < 1.29 is 14.6 Å². The minimum atomic E-state index is -0.468. The van der Waals surface area contributed by atoms with E-state index in [9.17, 15) is 14.9 Å². The van der Waals surface area contributed by atoms with Crippen LogP contribution in [-0.4, -0.2) is 24.4 Å². The second kappa shape index (κ2) is 7.34. The van der Waals surface area contributed by atoms with E-state index in [1.165, 1.54) is 11.6 Å². The number of aryl methyl sites for hydroxylation is 1. The summed E-state index contributed by atoms with van der Waals surface area (Å²) in [6.45, 7) is 4.63. The van der Waals surface area contributed by atoms with Gasteiger partial charge in [0.05, 0.1) is 12.0 Å². The lowest BCUT2D eigenvalue weighted by Gasteiger charge is -2.14. The van der Waals surface area contributed by atoms with Crippen LogP contribution in [0.15, 0.2) is 29.0 Å². The van der Waals surface area contributed by atoms with Crippen molar-refractivity contribution in [2.24, 2.45) is 0 Å². The molecule has 1 aromatic heterocycles. The van der Waals surface area contributed by atoms with Crippen LogP contribution in [-0.2, 0) is 11.3 Å². The number of hydrogen-bond acceptors (Lipinski definition) is 4. The zero-order valence-electron chi connectivity index (χ0n) is 13.4. The van der Waals surface area contributed by atoms with Crippen molar-refractivity contribution >= 4 is 28.6 Å². The van der Waals surface area contributed by atoms with E-state index in [0.717, 1.165) is 22.6 Å². The van der Waals surface area contributed by atoms with Gasteiger partial charge in [0.1, 0.15) is 12.2 Å². The Kier molecular flexibility index (Phi) is 5.46. The van der Waals surface area contributed by atoms with Crippen LogP contribution < -0.4 is 10.2 Å². The number of nitro benzene ring substituents is 1. The number of nitrogens with one attached hydrogen (secondary N) is 2. The standard InChI is InChI=1S/C16H19N3O3S/c1-11-4-5-14(19(21)22)16(12(11)2)17-15(20)9-18(3)8-13-6-7-23-10-13/h4-7,10H,8-9H2,1-3H3,(H,17,20)/p+1. The molecule has 0 radical (unpaired) electrons. The Morgan fingerprint density at radius 2 is 2.09 bits per heavy atom. The molecule has 2 rings (SSSR count). The topological polar surface area (TPSA) is 76.7 Å². The van der Waals surface area contributed by atoms with Gasteiger partial charge in [-0.2, -0.15) is 11.3 Å². The summed E-state index contributed by atoms with van der Waals surface area (Å²) in [4.78, 5) is 23.9. The molecule has 2 N–H and O–H groups in total. The van der Waals surface area contributed by atoms with Crippen molar-refractivity contribution in [3.8, 4) is 0 Å². The predicted octanol–water partition coefficient (Wildman–Crippen LogP) is 1.93. The zero-order chi connectivity index (χ0) is 17.0. The number of rotatable bonds is 6. The van der Waals surface area contributed by atoms with E-state index < -0.39 is 4.92 Å². The summed E-state index contributed by atoms with van der Waals surface area (Å²) in [6.07, 6.45) is 0. The van der Waals surface area contributed by atoms with Gasteiger partial charge in [-0.05, 0) is 41.8 Å². The first-order valence-electron chi connectivity index (χ1n) is 7.25. The van der Waals surface area contributed by atoms with Crippen LogP contribution in [0.3, 0.4) is 0 Å². The second-order valence-corrected chi connectivity index (χ2v) is 6.43. The molecule has 1 unspecified atom stereocenters. The van der Waals surface area contributed by atoms with Crippen LogP contribution in [0.25, 0.3) is 0 Å². The zero-order valence-corrected chi connectivity index (χ0v) is 14.2. The number of quaternary nitrogens is 1. The summed E-state index contributed by atoms with van der Waals surface area (Å²) < 4.78 is 0. The molecule has 2 aromatic rings. The Morgan fingerprint density at radius 1 is 1.35 bits per heavy atom. The van der Waals surface area contributed by atoms with E-state index in [1.54, 1.807) is 24.3 Å². The molecule has 1 heterocycles. The second-order valence-electron chi connectivity index (χ2n) is 5.65. The molecule has 0 saturated carbocycles. The Bertz CT molecular complexity index is 714. The average Bonchev–Trinajstić information content (AvgIpc) is 2.96. The van der Waals surface area contributed by atoms with Gasteiger partial charge in [0, 0.05) is 11.6 Å². The molecule has 6 nitrogen and oxygen atoms in total. The molecule has 0 saturated heterocycles. The number of carbonyl (C=O) groups is 1. The minimum absolute atomic E-state index is 0.0723. The number of amides is 1. The number of hydrogen-bond donors (Lipinski definition) is 2. The lowest BCUT2D eigenvalue weighted by atomic mass is 10.1. The molecule has 0 spiro atoms. The number of benzene rings is 1. The number of likely N-dealkylation sites (N-methyl/N-ethyl adjacent to an activating group) is 1. The van der Waals surface area contributed by atoms with Crippen LogP contribution >= 0.6 is 11.3 Å². The summed E-state index contributed by atoms with van der Waals surface area (Å²) in [5.74, 6) is -0.227. The molecule has 1 amide bonds. The fraction of sp³-hybridized carbons (Fsp3) is 0.312. The molecule has 7 heteroatoms. The van der Waals surface area contributed by atoms with E-state index in [4.69, 9.17) is 0 Å². The summed E-state index contributed by atoms with van der Waals surface area (Å²) in [7, 11) is 1.93. The Balaban J connectivity index is 2.08. The molecule has 1 aromatic carbocycles. The van der Waals surface area contributed by atoms with Gasteiger partial charge in [0.15, 0.2) is 6.54 Å². The Morgan fingerprint density at radius 3 is 2.70 bits per heavy atom. The third-order valence-electron chi connectivity index (χ3n) is 3.72. The third-order valence-corrected chi connectivity index (χ3v) is 4.46. The van der Waals surface area contributed by atoms with Crippen molar-refractivity contribution in [3.63, 3.8) is 0 Å². The Hall–Kier alpha value is -2.25. The first-order chi connectivity index (χ1) is 10.9. The highest BCUT2D eigenvalue weighted by Crippen LogP contribution is 2.29. The summed E-state index contributed by atoms with van der Waals surface area (Å²) >= 11 is 1.62. The summed E-state index contributed by atoms with van der Waals surface area (Å²) in [5.41, 5.74) is 3.03. The molecular weight excluding hydrogens is 314 g/mol. The van der Waals surface area contributed by atoms with Crippen molar-refractivity contribution in [1.29, 1.82) is 0 Å². The highest BCUT2D eigenvalue weighted by atomic mass is 32.1. The average molecular weight is 334 g/mol. The minimum Gasteiger partial charge on any atom is -0.326 e. The highest BCUT2D eigenvalue weighted by Gasteiger charge is 2.20. The molecule has 0 aliphatic rings. The van der Waals surface area contributed by atoms with Gasteiger partial charge in [0.25, 0.3) is 11.6 Å². The molecule has 0 aliphatic carbocycles. The van der Waals surface area contributed by atoms with Crippen molar-refractivity contribution in [3.05, 3.63) is 55.8 Å². The maximum atomic E-state index is 12.2. The predicted molar refractivity (Wildman–Crippen MR) is 91.0 cm³/mol. The van der Waals surface area contributed by atoms with Crippen molar-refractivity contribution in [2.75, 3.05) is 18.9 Å². The fourth-order valence-electron chi connectivity index (χ4n) is 2.37. The van der Waals surface area contributed by atoms with Gasteiger partial charge < -0.3 is 10.2 Å². The van der Waals surface area contributed by atoms with E-state index in [2.05, 4.69) is 10.7 Å². The van der Waals surface area contributed by atoms with Gasteiger partial charge in [-0.3, -0.25) is 14.9 Å². The van der Waals surface area contributed by atoms with Crippen LogP contribution in [0.1, 0.15) is 16.7 Å². The number of carbonyl (C=O) groups excluding carboxylic acids is 1. The normalized spacial score (nSPS) is 12.0. The van der Waals surface area contributed by atoms with Gasteiger partial charge in [0.2, 0.25) is 0 Å². The monoisotopic (exact) mass is 334 g/mol. The quantitative estimate of drug-likeness (QED) is 0.626. The van der Waals surface area contributed by atoms with Gasteiger partial charge >= 0.3 is 0 Å². The largest absolute Gasteiger partial charge is 0.326 e. The third kappa shape index (κ3) is 4.37. The molecular formula is C16H20N3O3S+. The number of anilines is 1. The van der Waals surface area contributed by atoms with Gasteiger partial charge in [-0.25, -0.2) is 0 Å². The maximum absolute atomic E-state index is 12.2. The van der Waals surface area contributed by atoms with Gasteiger partial charge in [-0.1, -0.05) is 6.07 Å². The van der Waals surface area contributed by atoms with E-state index in [-0.39, 0.29) is 18.1 Å². The fourth-order valence-corrected chi connectivity index (χ4v) is 3.04. The smallest absolute Gasteiger partial charge is 0.293 e. The van der Waals surface area contributed by atoms with Gasteiger partial charge in [-0.15, -0.1) is 0 Å². The Labute approximate surface area is 138 Å². The molecule has 1 atom stereocenters. The van der Waals surface area contributed by atoms with E-state index in [1.807, 2.05) is 25.4 Å². The maximum Gasteiger partial charge on any atom is 0.293 e. The summed E-state index contributed by atoms with van der Waals surface area (Å²) in [5, 5.41) is 17.9. The lowest BCUT2D eigenvalue weighted by Crippen LogP contribution is -3.08. The molecule has 0 aliphatic heterocycles. The van der Waals surface area contributed by atoms with Crippen LogP contribution in [0.2, 0.25) is 0 Å². The molecule has 0 fully saturated rings. The number of nitro groups is 1. The summed E-state index contributed by atoms with van der Waals surface area (Å²) in [6, 6.07) is 5.15. The lowest BCUT2D eigenvalue weighted by molar-refractivity contribution is -0.885. The number of nitrogens with zero attached hydrogens (tertiary/aromatic N) is 1. The molecule has 0 bridgehead atoms. The van der Waals surface area contributed by atoms with Crippen LogP contribution in [0, 0.1) is 24.0 Å². The van der Waals surface area contributed by atoms with E-state index >= 15 is 0 Å². The van der Waals surface area contributed by atoms with Crippen molar-refractivity contribution in [1.82, 2.24) is 0 Å². The highest BCUT2D eigenvalue weighted by molar-refractivity contribution is 7.07. The van der Waals surface area contributed by atoms with Crippen LogP contribution in [0.4, 0.5) is 11.4 Å².